The lowest BCUT2D eigenvalue weighted by Crippen LogP contribution is -2.13. The molecule has 1 N–H and O–H groups in total. The first-order valence-electron chi connectivity index (χ1n) is 11.0. The number of carbonyl (C=O) groups excluding carboxylic acids is 1. The van der Waals surface area contributed by atoms with Gasteiger partial charge in [-0.3, -0.25) is 4.79 Å². The Hall–Kier alpha value is -2.93. The zero-order valence-electron chi connectivity index (χ0n) is 19.6. The normalized spacial score (nSPS) is 10.9. The molecule has 0 aromatic heterocycles. The molecule has 0 aliphatic carbocycles. The van der Waals surface area contributed by atoms with Gasteiger partial charge in [-0.2, -0.15) is 5.26 Å². The second kappa shape index (κ2) is 13.4. The van der Waals surface area contributed by atoms with Gasteiger partial charge in [-0.15, -0.1) is 0 Å². The second-order valence-corrected chi connectivity index (χ2v) is 9.37. The molecule has 0 heterocycles. The Labute approximate surface area is 233 Å². The maximum Gasteiger partial charge on any atom is 0.266 e. The molecule has 0 saturated carbocycles. The van der Waals surface area contributed by atoms with Crippen LogP contribution in [-0.4, -0.2) is 19.1 Å². The highest BCUT2D eigenvalue weighted by atomic mass is 127. The van der Waals surface area contributed by atoms with E-state index in [0.717, 1.165) is 9.13 Å². The molecule has 0 bridgehead atoms. The van der Waals surface area contributed by atoms with Gasteiger partial charge in [-0.25, -0.2) is 0 Å². The van der Waals surface area contributed by atoms with Gasteiger partial charge in [0.15, 0.2) is 11.5 Å². The van der Waals surface area contributed by atoms with E-state index in [4.69, 9.17) is 37.4 Å². The van der Waals surface area contributed by atoms with Gasteiger partial charge in [0.1, 0.15) is 24.0 Å². The SMILES string of the molecule is CCOc1ccc(NC(=O)C(C#N)=Cc2cc(I)c(OCc3ccc(Cl)cc3Cl)c(OCC)c2)cc1. The van der Waals surface area contributed by atoms with Crippen molar-refractivity contribution in [3.63, 3.8) is 0 Å². The van der Waals surface area contributed by atoms with Gasteiger partial charge in [-0.1, -0.05) is 29.3 Å². The Balaban J connectivity index is 1.81. The summed E-state index contributed by atoms with van der Waals surface area (Å²) < 4.78 is 18.0. The summed E-state index contributed by atoms with van der Waals surface area (Å²) in [7, 11) is 0. The molecule has 0 aliphatic rings. The zero-order valence-corrected chi connectivity index (χ0v) is 23.3. The van der Waals surface area contributed by atoms with Crippen molar-refractivity contribution in [2.75, 3.05) is 18.5 Å². The van der Waals surface area contributed by atoms with E-state index < -0.39 is 5.91 Å². The highest BCUT2D eigenvalue weighted by molar-refractivity contribution is 14.1. The van der Waals surface area contributed by atoms with Crippen molar-refractivity contribution >= 4 is 63.5 Å². The lowest BCUT2D eigenvalue weighted by Gasteiger charge is -2.15. The zero-order chi connectivity index (χ0) is 26.1. The third kappa shape index (κ3) is 7.53. The third-order valence-electron chi connectivity index (χ3n) is 4.82. The third-order valence-corrected chi connectivity index (χ3v) is 6.21. The topological polar surface area (TPSA) is 80.6 Å². The fourth-order valence-electron chi connectivity index (χ4n) is 3.18. The van der Waals surface area contributed by atoms with Crippen molar-refractivity contribution in [3.8, 4) is 23.3 Å². The summed E-state index contributed by atoms with van der Waals surface area (Å²) in [5, 5.41) is 13.4. The van der Waals surface area contributed by atoms with Crippen LogP contribution >= 0.6 is 45.8 Å². The number of hydrogen-bond acceptors (Lipinski definition) is 5. The van der Waals surface area contributed by atoms with Crippen LogP contribution in [0, 0.1) is 14.9 Å². The van der Waals surface area contributed by atoms with Crippen LogP contribution in [-0.2, 0) is 11.4 Å². The van der Waals surface area contributed by atoms with Crippen LogP contribution in [0.3, 0.4) is 0 Å². The van der Waals surface area contributed by atoms with Crippen molar-refractivity contribution in [2.45, 2.75) is 20.5 Å². The molecule has 0 saturated heterocycles. The number of ether oxygens (including phenoxy) is 3. The number of halogens is 3. The summed E-state index contributed by atoms with van der Waals surface area (Å²) in [6.45, 7) is 4.93. The predicted octanol–water partition coefficient (Wildman–Crippen LogP) is 7.52. The van der Waals surface area contributed by atoms with E-state index in [1.807, 2.05) is 26.0 Å². The van der Waals surface area contributed by atoms with Gasteiger partial charge < -0.3 is 19.5 Å². The first-order valence-corrected chi connectivity index (χ1v) is 12.9. The highest BCUT2D eigenvalue weighted by Crippen LogP contribution is 2.36. The molecular formula is C27H23Cl2IN2O4. The van der Waals surface area contributed by atoms with Gasteiger partial charge >= 0.3 is 0 Å². The van der Waals surface area contributed by atoms with Gasteiger partial charge in [0.25, 0.3) is 5.91 Å². The fourth-order valence-corrected chi connectivity index (χ4v) is 4.42. The Bertz CT molecular complexity index is 1300. The smallest absolute Gasteiger partial charge is 0.266 e. The molecule has 0 radical (unpaired) electrons. The largest absolute Gasteiger partial charge is 0.494 e. The molecule has 9 heteroatoms. The van der Waals surface area contributed by atoms with E-state index in [1.54, 1.807) is 48.5 Å². The monoisotopic (exact) mass is 636 g/mol. The summed E-state index contributed by atoms with van der Waals surface area (Å²) in [6, 6.07) is 17.6. The van der Waals surface area contributed by atoms with E-state index in [0.29, 0.717) is 51.8 Å². The number of nitrogens with one attached hydrogen (secondary N) is 1. The molecule has 1 amide bonds. The number of amides is 1. The van der Waals surface area contributed by atoms with Gasteiger partial charge in [-0.05, 0) is 96.6 Å². The minimum Gasteiger partial charge on any atom is -0.494 e. The van der Waals surface area contributed by atoms with Crippen LogP contribution in [0.15, 0.2) is 60.2 Å². The lowest BCUT2D eigenvalue weighted by atomic mass is 10.1. The van der Waals surface area contributed by atoms with E-state index in [2.05, 4.69) is 27.9 Å². The van der Waals surface area contributed by atoms with Crippen LogP contribution in [0.2, 0.25) is 10.0 Å². The standard InChI is InChI=1S/C27H23Cl2IN2O4/c1-3-34-22-9-7-21(8-10-22)32-27(33)19(15-31)11-17-12-24(30)26(25(13-17)35-4-2)36-16-18-5-6-20(28)14-23(18)29/h5-14H,3-4,16H2,1-2H3,(H,32,33). The number of anilines is 1. The van der Waals surface area contributed by atoms with Crippen molar-refractivity contribution in [1.82, 2.24) is 0 Å². The molecule has 0 fully saturated rings. The molecule has 186 valence electrons. The number of carbonyl (C=O) groups is 1. The maximum atomic E-state index is 12.7. The summed E-state index contributed by atoms with van der Waals surface area (Å²) in [4.78, 5) is 12.7. The lowest BCUT2D eigenvalue weighted by molar-refractivity contribution is -0.112. The quantitative estimate of drug-likeness (QED) is 0.141. The predicted molar refractivity (Wildman–Crippen MR) is 151 cm³/mol. The minimum atomic E-state index is -0.521. The number of benzene rings is 3. The number of rotatable bonds is 10. The second-order valence-electron chi connectivity index (χ2n) is 7.37. The van der Waals surface area contributed by atoms with E-state index >= 15 is 0 Å². The molecule has 0 unspecified atom stereocenters. The fraction of sp³-hybridized carbons (Fsp3) is 0.185. The highest BCUT2D eigenvalue weighted by Gasteiger charge is 2.15. The van der Waals surface area contributed by atoms with E-state index in [1.165, 1.54) is 6.08 Å². The van der Waals surface area contributed by atoms with Crippen molar-refractivity contribution in [1.29, 1.82) is 5.26 Å². The summed E-state index contributed by atoms with van der Waals surface area (Å²) >= 11 is 14.4. The molecule has 36 heavy (non-hydrogen) atoms. The maximum absolute atomic E-state index is 12.7. The van der Waals surface area contributed by atoms with Crippen LogP contribution in [0.5, 0.6) is 17.2 Å². The molecule has 6 nitrogen and oxygen atoms in total. The van der Waals surface area contributed by atoms with Crippen LogP contribution in [0.25, 0.3) is 6.08 Å². The van der Waals surface area contributed by atoms with Crippen LogP contribution in [0.1, 0.15) is 25.0 Å². The van der Waals surface area contributed by atoms with Crippen molar-refractivity contribution < 1.29 is 19.0 Å². The Morgan fingerprint density at radius 3 is 2.39 bits per heavy atom. The first kappa shape index (κ1) is 27.7. The Kier molecular flexibility index (Phi) is 10.3. The van der Waals surface area contributed by atoms with Gasteiger partial charge in [0.2, 0.25) is 0 Å². The first-order chi connectivity index (χ1) is 17.3. The minimum absolute atomic E-state index is 0.0521. The van der Waals surface area contributed by atoms with Crippen LogP contribution < -0.4 is 19.5 Å². The molecular weight excluding hydrogens is 614 g/mol. The summed E-state index contributed by atoms with van der Waals surface area (Å²) in [5.74, 6) is 1.21. The van der Waals surface area contributed by atoms with E-state index in [-0.39, 0.29) is 12.2 Å². The number of nitrogens with zero attached hydrogens (tertiary/aromatic N) is 1. The van der Waals surface area contributed by atoms with Gasteiger partial charge in [0, 0.05) is 21.3 Å². The number of hydrogen-bond donors (Lipinski definition) is 1. The Morgan fingerprint density at radius 2 is 1.75 bits per heavy atom. The average molecular weight is 637 g/mol. The molecule has 3 aromatic rings. The molecule has 0 spiro atoms. The summed E-state index contributed by atoms with van der Waals surface area (Å²) in [5.41, 5.74) is 1.90. The average Bonchev–Trinajstić information content (AvgIpc) is 2.84. The van der Waals surface area contributed by atoms with Crippen molar-refractivity contribution in [2.24, 2.45) is 0 Å². The van der Waals surface area contributed by atoms with Gasteiger partial charge in [0.05, 0.1) is 16.8 Å². The van der Waals surface area contributed by atoms with Crippen molar-refractivity contribution in [3.05, 3.63) is 84.9 Å². The molecule has 0 atom stereocenters. The molecule has 3 aromatic carbocycles. The molecule has 3 rings (SSSR count). The van der Waals surface area contributed by atoms with E-state index in [9.17, 15) is 10.1 Å². The number of nitriles is 1. The molecule has 0 aliphatic heterocycles. The summed E-state index contributed by atoms with van der Waals surface area (Å²) in [6.07, 6.45) is 1.51. The van der Waals surface area contributed by atoms with Crippen LogP contribution in [0.4, 0.5) is 5.69 Å². The Morgan fingerprint density at radius 1 is 1.03 bits per heavy atom.